The molecule has 0 atom stereocenters. The molecule has 0 saturated carbocycles. The van der Waals surface area contributed by atoms with Gasteiger partial charge in [-0.3, -0.25) is 0 Å². The maximum absolute atomic E-state index is 5.44. The van der Waals surface area contributed by atoms with E-state index in [-0.39, 0.29) is 0 Å². The van der Waals surface area contributed by atoms with Crippen LogP contribution in [0.1, 0.15) is 17.9 Å². The smallest absolute Gasteiger partial charge is 0.141 e. The maximum Gasteiger partial charge on any atom is 0.141 e. The Labute approximate surface area is 92.6 Å². The molecule has 1 aliphatic heterocycles. The van der Waals surface area contributed by atoms with Crippen molar-refractivity contribution < 1.29 is 13.6 Å². The first-order chi connectivity index (χ1) is 7.95. The zero-order chi connectivity index (χ0) is 10.8. The van der Waals surface area contributed by atoms with Gasteiger partial charge >= 0.3 is 0 Å². The van der Waals surface area contributed by atoms with Gasteiger partial charge in [-0.2, -0.15) is 0 Å². The Bertz CT molecular complexity index is 469. The number of furan rings is 2. The van der Waals surface area contributed by atoms with Gasteiger partial charge in [0.05, 0.1) is 24.4 Å². The first kappa shape index (κ1) is 9.09. The molecule has 16 heavy (non-hydrogen) atoms. The zero-order valence-corrected chi connectivity index (χ0v) is 8.55. The van der Waals surface area contributed by atoms with E-state index in [0.29, 0.717) is 0 Å². The first-order valence-corrected chi connectivity index (χ1v) is 5.08. The number of rotatable bonds is 2. The number of allylic oxidation sites excluding steroid dienone is 1. The summed E-state index contributed by atoms with van der Waals surface area (Å²) < 4.78 is 16.3. The van der Waals surface area contributed by atoms with Crippen LogP contribution in [0.3, 0.4) is 0 Å². The Kier molecular flexibility index (Phi) is 2.14. The Hall–Kier alpha value is -2.16. The van der Waals surface area contributed by atoms with E-state index >= 15 is 0 Å². The molecule has 1 aliphatic rings. The summed E-state index contributed by atoms with van der Waals surface area (Å²) in [6, 6.07) is 7.49. The zero-order valence-electron chi connectivity index (χ0n) is 8.55. The molecule has 0 bridgehead atoms. The second-order valence-corrected chi connectivity index (χ2v) is 3.45. The van der Waals surface area contributed by atoms with E-state index in [0.717, 1.165) is 29.3 Å². The van der Waals surface area contributed by atoms with Crippen molar-refractivity contribution in [3.05, 3.63) is 66.4 Å². The topological polar surface area (TPSA) is 35.5 Å². The van der Waals surface area contributed by atoms with E-state index in [9.17, 15) is 0 Å². The van der Waals surface area contributed by atoms with Crippen LogP contribution in [0.2, 0.25) is 0 Å². The van der Waals surface area contributed by atoms with Crippen LogP contribution >= 0.6 is 0 Å². The van der Waals surface area contributed by atoms with Gasteiger partial charge in [-0.25, -0.2) is 0 Å². The van der Waals surface area contributed by atoms with E-state index in [1.807, 2.05) is 30.3 Å². The fraction of sp³-hybridized carbons (Fsp3) is 0.0769. The molecule has 3 heteroatoms. The highest BCUT2D eigenvalue weighted by Gasteiger charge is 2.19. The second kappa shape index (κ2) is 3.77. The molecule has 3 heterocycles. The Balaban J connectivity index is 2.13. The highest BCUT2D eigenvalue weighted by molar-refractivity contribution is 5.76. The molecule has 2 aromatic rings. The van der Waals surface area contributed by atoms with Gasteiger partial charge in [-0.15, -0.1) is 0 Å². The lowest BCUT2D eigenvalue weighted by atomic mass is 10.1. The minimum absolute atomic E-state index is 0.758. The molecular weight excluding hydrogens is 204 g/mol. The van der Waals surface area contributed by atoms with Crippen molar-refractivity contribution >= 4 is 5.57 Å². The molecule has 0 amide bonds. The summed E-state index contributed by atoms with van der Waals surface area (Å²) in [5, 5.41) is 0. The molecule has 0 saturated heterocycles. The third-order valence-electron chi connectivity index (χ3n) is 2.42. The summed E-state index contributed by atoms with van der Waals surface area (Å²) in [7, 11) is 0. The van der Waals surface area contributed by atoms with E-state index in [4.69, 9.17) is 13.6 Å². The highest BCUT2D eigenvalue weighted by Crippen LogP contribution is 2.31. The highest BCUT2D eigenvalue weighted by atomic mass is 16.5. The van der Waals surface area contributed by atoms with Crippen LogP contribution in [0.4, 0.5) is 0 Å². The normalized spacial score (nSPS) is 14.1. The van der Waals surface area contributed by atoms with E-state index < -0.39 is 0 Å². The molecule has 0 spiro atoms. The van der Waals surface area contributed by atoms with E-state index in [2.05, 4.69) is 0 Å². The largest absolute Gasteiger partial charge is 0.468 e. The molecular formula is C13H10O3. The van der Waals surface area contributed by atoms with Gasteiger partial charge in [0.2, 0.25) is 0 Å². The van der Waals surface area contributed by atoms with Crippen LogP contribution in [0.25, 0.3) is 5.57 Å². The monoisotopic (exact) mass is 214 g/mol. The van der Waals surface area contributed by atoms with Gasteiger partial charge in [-0.05, 0) is 30.3 Å². The van der Waals surface area contributed by atoms with Crippen LogP contribution in [-0.2, 0) is 4.74 Å². The fourth-order valence-corrected chi connectivity index (χ4v) is 1.73. The predicted octanol–water partition coefficient (Wildman–Crippen LogP) is 3.57. The lowest BCUT2D eigenvalue weighted by Crippen LogP contribution is -1.90. The molecule has 0 aromatic carbocycles. The van der Waals surface area contributed by atoms with Gasteiger partial charge in [-0.1, -0.05) is 0 Å². The van der Waals surface area contributed by atoms with Crippen molar-refractivity contribution in [3.63, 3.8) is 0 Å². The van der Waals surface area contributed by atoms with Gasteiger partial charge < -0.3 is 13.6 Å². The molecule has 0 fully saturated rings. The third kappa shape index (κ3) is 1.46. The molecule has 80 valence electrons. The average Bonchev–Trinajstić information content (AvgIpc) is 3.02. The third-order valence-corrected chi connectivity index (χ3v) is 2.42. The van der Waals surface area contributed by atoms with Crippen molar-refractivity contribution in [1.29, 1.82) is 0 Å². The maximum atomic E-state index is 5.44. The first-order valence-electron chi connectivity index (χ1n) is 5.08. The van der Waals surface area contributed by atoms with Crippen molar-refractivity contribution in [2.24, 2.45) is 0 Å². The summed E-state index contributed by atoms with van der Waals surface area (Å²) >= 11 is 0. The quantitative estimate of drug-likeness (QED) is 0.766. The van der Waals surface area contributed by atoms with Crippen molar-refractivity contribution in [3.8, 4) is 0 Å². The number of hydrogen-bond donors (Lipinski definition) is 0. The Morgan fingerprint density at radius 2 is 1.69 bits per heavy atom. The summed E-state index contributed by atoms with van der Waals surface area (Å²) in [5.74, 6) is 2.37. The van der Waals surface area contributed by atoms with Crippen molar-refractivity contribution in [2.45, 2.75) is 6.42 Å². The standard InChI is InChI=1S/C13H10O3/c1-4-10(14-7-1)13(11-5-2-8-15-11)12-6-3-9-16-12/h1-5,7-9H,6H2. The van der Waals surface area contributed by atoms with Gasteiger partial charge in [0.25, 0.3) is 0 Å². The summed E-state index contributed by atoms with van der Waals surface area (Å²) in [6.45, 7) is 0. The summed E-state index contributed by atoms with van der Waals surface area (Å²) in [4.78, 5) is 0. The molecule has 0 radical (unpaired) electrons. The summed E-state index contributed by atoms with van der Waals surface area (Å²) in [6.07, 6.45) is 7.68. The molecule has 0 aliphatic carbocycles. The average molecular weight is 214 g/mol. The van der Waals surface area contributed by atoms with Crippen LogP contribution in [0.5, 0.6) is 0 Å². The van der Waals surface area contributed by atoms with Crippen LogP contribution in [0.15, 0.2) is 63.7 Å². The number of hydrogen-bond acceptors (Lipinski definition) is 3. The van der Waals surface area contributed by atoms with E-state index in [1.54, 1.807) is 18.8 Å². The molecule has 2 aromatic heterocycles. The second-order valence-electron chi connectivity index (χ2n) is 3.45. The number of ether oxygens (including phenoxy) is 1. The van der Waals surface area contributed by atoms with E-state index in [1.165, 1.54) is 0 Å². The minimum atomic E-state index is 0.758. The lowest BCUT2D eigenvalue weighted by Gasteiger charge is -2.05. The summed E-state index contributed by atoms with van der Waals surface area (Å²) in [5.41, 5.74) is 0.875. The van der Waals surface area contributed by atoms with Crippen LogP contribution in [-0.4, -0.2) is 0 Å². The Morgan fingerprint density at radius 3 is 2.12 bits per heavy atom. The fourth-order valence-electron chi connectivity index (χ4n) is 1.73. The molecule has 0 N–H and O–H groups in total. The molecule has 3 rings (SSSR count). The van der Waals surface area contributed by atoms with Gasteiger partial charge in [0.1, 0.15) is 17.3 Å². The van der Waals surface area contributed by atoms with Gasteiger partial charge in [0, 0.05) is 6.42 Å². The van der Waals surface area contributed by atoms with Crippen molar-refractivity contribution in [1.82, 2.24) is 0 Å². The minimum Gasteiger partial charge on any atom is -0.468 e. The van der Waals surface area contributed by atoms with Crippen LogP contribution in [0, 0.1) is 0 Å². The van der Waals surface area contributed by atoms with Gasteiger partial charge in [0.15, 0.2) is 0 Å². The Morgan fingerprint density at radius 1 is 1.00 bits per heavy atom. The molecule has 3 nitrogen and oxygen atoms in total. The lowest BCUT2D eigenvalue weighted by molar-refractivity contribution is 0.366. The molecule has 0 unspecified atom stereocenters. The SMILES string of the molecule is C1=COC(=C(c2ccco2)c2ccco2)C1. The van der Waals surface area contributed by atoms with Crippen LogP contribution < -0.4 is 0 Å². The predicted molar refractivity (Wildman–Crippen MR) is 58.3 cm³/mol. The van der Waals surface area contributed by atoms with Crippen molar-refractivity contribution in [2.75, 3.05) is 0 Å².